The molecule has 0 bridgehead atoms. The highest BCUT2D eigenvalue weighted by Gasteiger charge is 2.36. The third-order valence-electron chi connectivity index (χ3n) is 5.67. The Morgan fingerprint density at radius 3 is 2.12 bits per heavy atom. The number of nitrogens with zero attached hydrogens (tertiary/aromatic N) is 3. The molecule has 1 heterocycles. The summed E-state index contributed by atoms with van der Waals surface area (Å²) in [5.74, 6) is -13.0. The van der Waals surface area contributed by atoms with Crippen molar-refractivity contribution in [3.8, 4) is 5.75 Å². The van der Waals surface area contributed by atoms with E-state index in [9.17, 15) is 34.8 Å². The van der Waals surface area contributed by atoms with Crippen LogP contribution in [0.25, 0.3) is 0 Å². The van der Waals surface area contributed by atoms with Crippen LogP contribution in [0.5, 0.6) is 5.75 Å². The summed E-state index contributed by atoms with van der Waals surface area (Å²) in [6.45, 7) is 0.777. The summed E-state index contributed by atoms with van der Waals surface area (Å²) >= 11 is 0. The highest BCUT2D eigenvalue weighted by molar-refractivity contribution is 7.92. The molecule has 0 aliphatic heterocycles. The van der Waals surface area contributed by atoms with Gasteiger partial charge in [-0.2, -0.15) is 4.98 Å². The molecular weight excluding hydrogens is 592 g/mol. The summed E-state index contributed by atoms with van der Waals surface area (Å²) in [6.07, 6.45) is 0.878. The average molecular weight is 614 g/mol. The zero-order chi connectivity index (χ0) is 30.6. The number of ether oxygens (including phenoxy) is 2. The number of rotatable bonds is 11. The summed E-state index contributed by atoms with van der Waals surface area (Å²) in [5.41, 5.74) is 0.353. The maximum atomic E-state index is 14.5. The van der Waals surface area contributed by atoms with Gasteiger partial charge in [0.2, 0.25) is 11.8 Å². The standard InChI is InChI=1S/C26H21F6N5O4S/c1-37(42(38,39)24-22(31)20(29)19(28)21(30)23(24)32)16-5-3-4-15(12-16)34-25-18(27)13-33-26(36-25)35-14-6-8-17(9-7-14)41-11-10-40-2/h3-9,12-13H,10-11H2,1-2H3,(H2,33,34,35,36). The van der Waals surface area contributed by atoms with E-state index in [0.717, 1.165) is 19.3 Å². The minimum atomic E-state index is -5.28. The minimum absolute atomic E-state index is 0.00545. The van der Waals surface area contributed by atoms with Crippen LogP contribution in [0.4, 0.5) is 55.2 Å². The number of hydrogen-bond donors (Lipinski definition) is 2. The molecule has 0 radical (unpaired) electrons. The largest absolute Gasteiger partial charge is 0.491 e. The van der Waals surface area contributed by atoms with Crippen molar-refractivity contribution in [1.82, 2.24) is 9.97 Å². The highest BCUT2D eigenvalue weighted by Crippen LogP contribution is 2.32. The smallest absolute Gasteiger partial charge is 0.270 e. The molecule has 3 aromatic carbocycles. The molecule has 0 atom stereocenters. The van der Waals surface area contributed by atoms with Gasteiger partial charge in [0.05, 0.1) is 18.5 Å². The Balaban J connectivity index is 1.55. The molecule has 42 heavy (non-hydrogen) atoms. The predicted molar refractivity (Wildman–Crippen MR) is 141 cm³/mol. The molecule has 1 aromatic heterocycles. The van der Waals surface area contributed by atoms with E-state index < -0.39 is 49.8 Å². The van der Waals surface area contributed by atoms with Crippen LogP contribution < -0.4 is 19.7 Å². The van der Waals surface area contributed by atoms with Gasteiger partial charge in [-0.25, -0.2) is 39.7 Å². The quantitative estimate of drug-likeness (QED) is 0.0969. The van der Waals surface area contributed by atoms with E-state index in [4.69, 9.17) is 9.47 Å². The second-order valence-corrected chi connectivity index (χ2v) is 10.3. The van der Waals surface area contributed by atoms with Crippen LogP contribution >= 0.6 is 0 Å². The molecule has 2 N–H and O–H groups in total. The zero-order valence-electron chi connectivity index (χ0n) is 21.8. The lowest BCUT2D eigenvalue weighted by molar-refractivity contribution is 0.146. The maximum Gasteiger partial charge on any atom is 0.270 e. The zero-order valence-corrected chi connectivity index (χ0v) is 22.6. The molecule has 0 aliphatic rings. The van der Waals surface area contributed by atoms with E-state index in [1.54, 1.807) is 31.4 Å². The molecule has 0 unspecified atom stereocenters. The number of anilines is 5. The van der Waals surface area contributed by atoms with Crippen LogP contribution in [-0.4, -0.2) is 45.8 Å². The van der Waals surface area contributed by atoms with Crippen LogP contribution in [0.1, 0.15) is 0 Å². The summed E-state index contributed by atoms with van der Waals surface area (Å²) in [6, 6.07) is 11.7. The molecule has 4 rings (SSSR count). The summed E-state index contributed by atoms with van der Waals surface area (Å²) in [7, 11) is -2.89. The van der Waals surface area contributed by atoms with Gasteiger partial charge in [-0.05, 0) is 42.5 Å². The van der Waals surface area contributed by atoms with E-state index >= 15 is 0 Å². The van der Waals surface area contributed by atoms with Gasteiger partial charge in [0, 0.05) is 25.5 Å². The molecule has 4 aromatic rings. The summed E-state index contributed by atoms with van der Waals surface area (Å²) < 4.78 is 120. The fraction of sp³-hybridized carbons (Fsp3) is 0.154. The van der Waals surface area contributed by atoms with Crippen molar-refractivity contribution in [2.45, 2.75) is 4.90 Å². The Morgan fingerprint density at radius 1 is 0.833 bits per heavy atom. The van der Waals surface area contributed by atoms with Gasteiger partial charge in [0.1, 0.15) is 12.4 Å². The van der Waals surface area contributed by atoms with Crippen molar-refractivity contribution >= 4 is 38.9 Å². The van der Waals surface area contributed by atoms with Crippen molar-refractivity contribution in [3.05, 3.63) is 89.6 Å². The van der Waals surface area contributed by atoms with Crippen molar-refractivity contribution in [2.75, 3.05) is 42.3 Å². The van der Waals surface area contributed by atoms with Crippen LogP contribution in [0.2, 0.25) is 0 Å². The fourth-order valence-electron chi connectivity index (χ4n) is 3.52. The lowest BCUT2D eigenvalue weighted by atomic mass is 10.2. The second kappa shape index (κ2) is 12.5. The second-order valence-electron chi connectivity index (χ2n) is 8.43. The molecule has 222 valence electrons. The molecule has 0 aliphatic carbocycles. The van der Waals surface area contributed by atoms with E-state index in [0.29, 0.717) is 29.0 Å². The normalized spacial score (nSPS) is 11.3. The van der Waals surface area contributed by atoms with Crippen molar-refractivity contribution in [2.24, 2.45) is 0 Å². The molecular formula is C26H21F6N5O4S. The summed E-state index contributed by atoms with van der Waals surface area (Å²) in [5, 5.41) is 5.52. The van der Waals surface area contributed by atoms with Gasteiger partial charge in [-0.3, -0.25) is 4.31 Å². The number of nitrogens with one attached hydrogen (secondary N) is 2. The van der Waals surface area contributed by atoms with Crippen LogP contribution in [0.15, 0.2) is 59.6 Å². The topological polar surface area (TPSA) is 106 Å². The molecule has 9 nitrogen and oxygen atoms in total. The molecule has 0 saturated carbocycles. The molecule has 0 amide bonds. The van der Waals surface area contributed by atoms with Gasteiger partial charge in [0.15, 0.2) is 39.8 Å². The SMILES string of the molecule is COCCOc1ccc(Nc2ncc(F)c(Nc3cccc(N(C)S(=O)(=O)c4c(F)c(F)c(F)c(F)c4F)c3)n2)cc1. The third-order valence-corrected chi connectivity index (χ3v) is 7.48. The Labute approximate surface area is 235 Å². The first-order chi connectivity index (χ1) is 19.9. The van der Waals surface area contributed by atoms with E-state index in [1.807, 2.05) is 0 Å². The number of aromatic nitrogens is 2. The Morgan fingerprint density at radius 2 is 1.48 bits per heavy atom. The molecule has 0 spiro atoms. The van der Waals surface area contributed by atoms with Crippen molar-refractivity contribution in [1.29, 1.82) is 0 Å². The highest BCUT2D eigenvalue weighted by atomic mass is 32.2. The van der Waals surface area contributed by atoms with E-state index in [1.165, 1.54) is 18.2 Å². The van der Waals surface area contributed by atoms with Gasteiger partial charge >= 0.3 is 0 Å². The van der Waals surface area contributed by atoms with Crippen molar-refractivity contribution in [3.63, 3.8) is 0 Å². The van der Waals surface area contributed by atoms with Gasteiger partial charge in [-0.15, -0.1) is 0 Å². The molecule has 0 fully saturated rings. The Kier molecular flexibility index (Phi) is 9.06. The number of halogens is 6. The van der Waals surface area contributed by atoms with Crippen LogP contribution in [0.3, 0.4) is 0 Å². The lowest BCUT2D eigenvalue weighted by Gasteiger charge is -2.21. The number of methoxy groups -OCH3 is 1. The predicted octanol–water partition coefficient (Wildman–Crippen LogP) is 5.65. The first-order valence-corrected chi connectivity index (χ1v) is 13.3. The van der Waals surface area contributed by atoms with Crippen molar-refractivity contribution < 1.29 is 44.2 Å². The fourth-order valence-corrected chi connectivity index (χ4v) is 4.82. The Hall–Kier alpha value is -4.57. The van der Waals surface area contributed by atoms with Gasteiger partial charge < -0.3 is 20.1 Å². The number of hydrogen-bond acceptors (Lipinski definition) is 8. The van der Waals surface area contributed by atoms with E-state index in [-0.39, 0.29) is 23.1 Å². The van der Waals surface area contributed by atoms with E-state index in [2.05, 4.69) is 20.6 Å². The first-order valence-electron chi connectivity index (χ1n) is 11.8. The molecule has 16 heteroatoms. The monoisotopic (exact) mass is 613 g/mol. The number of sulfonamides is 1. The lowest BCUT2D eigenvalue weighted by Crippen LogP contribution is -2.29. The van der Waals surface area contributed by atoms with Crippen LogP contribution in [0, 0.1) is 34.9 Å². The Bertz CT molecular complexity index is 1680. The average Bonchev–Trinajstić information content (AvgIpc) is 2.97. The summed E-state index contributed by atoms with van der Waals surface area (Å²) in [4.78, 5) is 5.92. The minimum Gasteiger partial charge on any atom is -0.491 e. The van der Waals surface area contributed by atoms with Crippen LogP contribution in [-0.2, 0) is 14.8 Å². The van der Waals surface area contributed by atoms with Gasteiger partial charge in [0.25, 0.3) is 10.0 Å². The first kappa shape index (κ1) is 30.4. The number of benzene rings is 3. The maximum absolute atomic E-state index is 14.5. The molecule has 0 saturated heterocycles. The third kappa shape index (κ3) is 6.33. The van der Waals surface area contributed by atoms with Gasteiger partial charge in [-0.1, -0.05) is 6.07 Å².